The minimum atomic E-state index is -0.597. The minimum Gasteiger partial charge on any atom is -0.497 e. The van der Waals surface area contributed by atoms with Gasteiger partial charge in [0, 0.05) is 21.2 Å². The number of nitrogens with one attached hydrogen (secondary N) is 1. The third kappa shape index (κ3) is 3.98. The van der Waals surface area contributed by atoms with Crippen molar-refractivity contribution in [1.29, 1.82) is 0 Å². The average Bonchev–Trinajstić information content (AvgIpc) is 2.46. The van der Waals surface area contributed by atoms with Crippen LogP contribution in [0, 0.1) is 0 Å². The highest BCUT2D eigenvalue weighted by Crippen LogP contribution is 2.27. The Morgan fingerprint density at radius 2 is 2.00 bits per heavy atom. The van der Waals surface area contributed by atoms with Crippen LogP contribution in [0.2, 0.25) is 0 Å². The molecule has 20 heavy (non-hydrogen) atoms. The SMILES string of the molecule is COc1cccc(C(O)CNc2ccc(Br)cc2Br)c1. The summed E-state index contributed by atoms with van der Waals surface area (Å²) in [6.45, 7) is 0.424. The minimum absolute atomic E-state index is 0.424. The van der Waals surface area contributed by atoms with Gasteiger partial charge in [0.2, 0.25) is 0 Å². The van der Waals surface area contributed by atoms with Crippen LogP contribution >= 0.6 is 31.9 Å². The molecule has 0 saturated heterocycles. The second-order valence-corrected chi connectivity index (χ2v) is 6.07. The molecule has 2 N–H and O–H groups in total. The summed E-state index contributed by atoms with van der Waals surface area (Å²) in [7, 11) is 1.61. The Morgan fingerprint density at radius 3 is 2.70 bits per heavy atom. The zero-order chi connectivity index (χ0) is 14.5. The van der Waals surface area contributed by atoms with Crippen LogP contribution in [0.1, 0.15) is 11.7 Å². The number of methoxy groups -OCH3 is 1. The highest BCUT2D eigenvalue weighted by Gasteiger charge is 2.09. The summed E-state index contributed by atoms with van der Waals surface area (Å²) in [6, 6.07) is 13.3. The van der Waals surface area contributed by atoms with E-state index < -0.39 is 6.10 Å². The topological polar surface area (TPSA) is 41.5 Å². The zero-order valence-corrected chi connectivity index (χ0v) is 14.1. The second kappa shape index (κ2) is 7.11. The quantitative estimate of drug-likeness (QED) is 0.783. The molecule has 0 amide bonds. The number of hydrogen-bond donors (Lipinski definition) is 2. The van der Waals surface area contributed by atoms with E-state index in [1.807, 2.05) is 42.5 Å². The van der Waals surface area contributed by atoms with E-state index in [4.69, 9.17) is 4.74 Å². The van der Waals surface area contributed by atoms with E-state index in [2.05, 4.69) is 37.2 Å². The Bertz CT molecular complexity index is 590. The lowest BCUT2D eigenvalue weighted by Gasteiger charge is -2.15. The fourth-order valence-electron chi connectivity index (χ4n) is 1.81. The van der Waals surface area contributed by atoms with Gasteiger partial charge >= 0.3 is 0 Å². The first-order chi connectivity index (χ1) is 9.60. The normalized spacial score (nSPS) is 12.0. The summed E-state index contributed by atoms with van der Waals surface area (Å²) in [4.78, 5) is 0. The molecule has 0 spiro atoms. The number of aliphatic hydroxyl groups is 1. The molecule has 0 saturated carbocycles. The van der Waals surface area contributed by atoms with Gasteiger partial charge in [0.1, 0.15) is 5.75 Å². The lowest BCUT2D eigenvalue weighted by atomic mass is 10.1. The monoisotopic (exact) mass is 399 g/mol. The van der Waals surface area contributed by atoms with Gasteiger partial charge in [0.05, 0.1) is 13.2 Å². The Hall–Kier alpha value is -1.04. The molecule has 1 atom stereocenters. The first-order valence-electron chi connectivity index (χ1n) is 6.11. The number of ether oxygens (including phenoxy) is 1. The molecule has 0 aliphatic heterocycles. The van der Waals surface area contributed by atoms with Crippen LogP contribution in [0.5, 0.6) is 5.75 Å². The van der Waals surface area contributed by atoms with E-state index in [-0.39, 0.29) is 0 Å². The van der Waals surface area contributed by atoms with Crippen LogP contribution in [0.25, 0.3) is 0 Å². The van der Waals surface area contributed by atoms with Gasteiger partial charge < -0.3 is 15.2 Å². The van der Waals surface area contributed by atoms with Gasteiger partial charge in [0.15, 0.2) is 0 Å². The van der Waals surface area contributed by atoms with Crippen molar-refractivity contribution in [3.63, 3.8) is 0 Å². The van der Waals surface area contributed by atoms with Crippen molar-refractivity contribution < 1.29 is 9.84 Å². The number of benzene rings is 2. The summed E-state index contributed by atoms with van der Waals surface area (Å²) in [5, 5.41) is 13.4. The van der Waals surface area contributed by atoms with Crippen molar-refractivity contribution in [3.8, 4) is 5.75 Å². The van der Waals surface area contributed by atoms with Crippen LogP contribution in [0.4, 0.5) is 5.69 Å². The van der Waals surface area contributed by atoms with Gasteiger partial charge in [-0.15, -0.1) is 0 Å². The number of rotatable bonds is 5. The summed E-state index contributed by atoms with van der Waals surface area (Å²) >= 11 is 6.89. The fourth-order valence-corrected chi connectivity index (χ4v) is 2.99. The number of aliphatic hydroxyl groups excluding tert-OH is 1. The van der Waals surface area contributed by atoms with E-state index in [9.17, 15) is 5.11 Å². The van der Waals surface area contributed by atoms with E-state index in [0.29, 0.717) is 6.54 Å². The van der Waals surface area contributed by atoms with Crippen molar-refractivity contribution >= 4 is 37.5 Å². The van der Waals surface area contributed by atoms with Gasteiger partial charge in [0.25, 0.3) is 0 Å². The molecule has 3 nitrogen and oxygen atoms in total. The maximum absolute atomic E-state index is 10.2. The number of anilines is 1. The second-order valence-electron chi connectivity index (χ2n) is 4.30. The first kappa shape index (κ1) is 15.4. The standard InChI is InChI=1S/C15H15Br2NO2/c1-20-12-4-2-3-10(7-12)15(19)9-18-14-6-5-11(16)8-13(14)17/h2-8,15,18-19H,9H2,1H3. The molecule has 2 aromatic carbocycles. The molecular weight excluding hydrogens is 386 g/mol. The van der Waals surface area contributed by atoms with Crippen LogP contribution < -0.4 is 10.1 Å². The number of hydrogen-bond acceptors (Lipinski definition) is 3. The summed E-state index contributed by atoms with van der Waals surface area (Å²) < 4.78 is 7.11. The zero-order valence-electron chi connectivity index (χ0n) is 10.9. The molecule has 106 valence electrons. The van der Waals surface area contributed by atoms with Gasteiger partial charge in [-0.2, -0.15) is 0 Å². The van der Waals surface area contributed by atoms with E-state index >= 15 is 0 Å². The lowest BCUT2D eigenvalue weighted by molar-refractivity contribution is 0.191. The van der Waals surface area contributed by atoms with Crippen LogP contribution in [-0.4, -0.2) is 18.8 Å². The van der Waals surface area contributed by atoms with Crippen LogP contribution in [0.15, 0.2) is 51.4 Å². The Morgan fingerprint density at radius 1 is 1.20 bits per heavy atom. The predicted octanol–water partition coefficient (Wildman–Crippen LogP) is 4.37. The first-order valence-corrected chi connectivity index (χ1v) is 7.69. The van der Waals surface area contributed by atoms with Crippen molar-refractivity contribution in [2.75, 3.05) is 19.0 Å². The van der Waals surface area contributed by atoms with Gasteiger partial charge in [-0.05, 0) is 51.8 Å². The summed E-state index contributed by atoms with van der Waals surface area (Å²) in [5.41, 5.74) is 1.76. The number of halogens is 2. The van der Waals surface area contributed by atoms with Crippen LogP contribution in [-0.2, 0) is 0 Å². The molecular formula is C15H15Br2NO2. The lowest BCUT2D eigenvalue weighted by Crippen LogP contribution is -2.12. The maximum atomic E-state index is 10.2. The maximum Gasteiger partial charge on any atom is 0.119 e. The summed E-state index contributed by atoms with van der Waals surface area (Å²) in [6.07, 6.45) is -0.597. The predicted molar refractivity (Wildman–Crippen MR) is 88.3 cm³/mol. The molecule has 0 fully saturated rings. The Labute approximate surface area is 135 Å². The largest absolute Gasteiger partial charge is 0.497 e. The molecule has 2 rings (SSSR count). The van der Waals surface area contributed by atoms with E-state index in [1.165, 1.54) is 0 Å². The molecule has 0 bridgehead atoms. The Balaban J connectivity index is 2.02. The molecule has 1 unspecified atom stereocenters. The third-order valence-corrected chi connectivity index (χ3v) is 4.04. The molecule has 2 aromatic rings. The molecule has 0 aliphatic carbocycles. The van der Waals surface area contributed by atoms with Gasteiger partial charge in [-0.3, -0.25) is 0 Å². The van der Waals surface area contributed by atoms with Crippen molar-refractivity contribution in [3.05, 3.63) is 57.0 Å². The van der Waals surface area contributed by atoms with E-state index in [1.54, 1.807) is 7.11 Å². The third-order valence-electron chi connectivity index (χ3n) is 2.90. The molecule has 5 heteroatoms. The van der Waals surface area contributed by atoms with Crippen molar-refractivity contribution in [2.45, 2.75) is 6.10 Å². The van der Waals surface area contributed by atoms with Gasteiger partial charge in [-0.1, -0.05) is 28.1 Å². The Kier molecular flexibility index (Phi) is 5.46. The molecule has 0 radical (unpaired) electrons. The van der Waals surface area contributed by atoms with Crippen molar-refractivity contribution in [2.24, 2.45) is 0 Å². The molecule has 0 aromatic heterocycles. The highest BCUT2D eigenvalue weighted by molar-refractivity contribution is 9.11. The van der Waals surface area contributed by atoms with Crippen LogP contribution in [0.3, 0.4) is 0 Å². The van der Waals surface area contributed by atoms with E-state index in [0.717, 1.165) is 25.9 Å². The smallest absolute Gasteiger partial charge is 0.119 e. The average molecular weight is 401 g/mol. The summed E-state index contributed by atoms with van der Waals surface area (Å²) in [5.74, 6) is 0.742. The fraction of sp³-hybridized carbons (Fsp3) is 0.200. The molecule has 0 aliphatic rings. The van der Waals surface area contributed by atoms with Crippen molar-refractivity contribution in [1.82, 2.24) is 0 Å². The molecule has 0 heterocycles. The highest BCUT2D eigenvalue weighted by atomic mass is 79.9. The van der Waals surface area contributed by atoms with Gasteiger partial charge in [-0.25, -0.2) is 0 Å².